The van der Waals surface area contributed by atoms with Gasteiger partial charge in [0.15, 0.2) is 0 Å². The van der Waals surface area contributed by atoms with E-state index in [9.17, 15) is 13.2 Å². The van der Waals surface area contributed by atoms with Crippen LogP contribution >= 0.6 is 0 Å². The van der Waals surface area contributed by atoms with Crippen LogP contribution in [0.4, 0.5) is 0 Å². The van der Waals surface area contributed by atoms with E-state index in [1.165, 1.54) is 4.31 Å². The molecule has 1 heterocycles. The Morgan fingerprint density at radius 3 is 2.89 bits per heavy atom. The number of hydrogen-bond acceptors (Lipinski definition) is 4. The molecule has 0 aliphatic carbocycles. The van der Waals surface area contributed by atoms with Gasteiger partial charge >= 0.3 is 0 Å². The fraction of sp³-hybridized carbons (Fsp3) is 0.750. The van der Waals surface area contributed by atoms with Crippen LogP contribution in [0.25, 0.3) is 0 Å². The van der Waals surface area contributed by atoms with Crippen molar-refractivity contribution in [1.82, 2.24) is 9.62 Å². The summed E-state index contributed by atoms with van der Waals surface area (Å²) >= 11 is 0. The predicted octanol–water partition coefficient (Wildman–Crippen LogP) is -0.321. The maximum Gasteiger partial charge on any atom is 0.224 e. The standard InChI is InChI=1S/C12H23N3O3S/c1-2-3-9-19(17,18)15-8-4-5-11(10-15)12(16)14-7-6-13/h2,11H,1,3-10,13H2,(H,14,16). The van der Waals surface area contributed by atoms with Crippen LogP contribution in [-0.4, -0.2) is 50.6 Å². The van der Waals surface area contributed by atoms with Crippen LogP contribution in [-0.2, 0) is 14.8 Å². The van der Waals surface area contributed by atoms with Gasteiger partial charge in [0.2, 0.25) is 15.9 Å². The molecular formula is C12H23N3O3S. The Morgan fingerprint density at radius 2 is 2.26 bits per heavy atom. The summed E-state index contributed by atoms with van der Waals surface area (Å²) in [4.78, 5) is 11.8. The first kappa shape index (κ1) is 16.1. The first-order chi connectivity index (χ1) is 9.01. The summed E-state index contributed by atoms with van der Waals surface area (Å²) in [5.41, 5.74) is 5.33. The number of carbonyl (C=O) groups is 1. The topological polar surface area (TPSA) is 92.5 Å². The third-order valence-electron chi connectivity index (χ3n) is 3.17. The van der Waals surface area contributed by atoms with Gasteiger partial charge in [0, 0.05) is 26.2 Å². The van der Waals surface area contributed by atoms with E-state index in [0.29, 0.717) is 32.5 Å². The number of hydrogen-bond donors (Lipinski definition) is 2. The van der Waals surface area contributed by atoms with Gasteiger partial charge in [0.25, 0.3) is 0 Å². The largest absolute Gasteiger partial charge is 0.355 e. The van der Waals surface area contributed by atoms with Crippen LogP contribution in [0.3, 0.4) is 0 Å². The SMILES string of the molecule is C=CCCS(=O)(=O)N1CCCC(C(=O)NCCN)C1. The molecule has 1 fully saturated rings. The second-order valence-corrected chi connectivity index (χ2v) is 6.76. The van der Waals surface area contributed by atoms with Crippen LogP contribution in [0.5, 0.6) is 0 Å². The summed E-state index contributed by atoms with van der Waals surface area (Å²) in [6, 6.07) is 0. The van der Waals surface area contributed by atoms with Crippen molar-refractivity contribution >= 4 is 15.9 Å². The van der Waals surface area contributed by atoms with E-state index in [2.05, 4.69) is 11.9 Å². The van der Waals surface area contributed by atoms with Gasteiger partial charge in [-0.05, 0) is 19.3 Å². The molecule has 1 rings (SSSR count). The summed E-state index contributed by atoms with van der Waals surface area (Å²) in [5.74, 6) is -0.305. The zero-order valence-corrected chi connectivity index (χ0v) is 12.0. The van der Waals surface area contributed by atoms with Gasteiger partial charge in [-0.15, -0.1) is 6.58 Å². The highest BCUT2D eigenvalue weighted by Crippen LogP contribution is 2.20. The molecule has 1 aliphatic rings. The van der Waals surface area contributed by atoms with Gasteiger partial charge in [0.05, 0.1) is 11.7 Å². The van der Waals surface area contributed by atoms with Crippen LogP contribution in [0, 0.1) is 5.92 Å². The van der Waals surface area contributed by atoms with Gasteiger partial charge in [-0.2, -0.15) is 0 Å². The molecular weight excluding hydrogens is 266 g/mol. The highest BCUT2D eigenvalue weighted by molar-refractivity contribution is 7.89. The van der Waals surface area contributed by atoms with E-state index in [1.807, 2.05) is 0 Å². The summed E-state index contributed by atoms with van der Waals surface area (Å²) < 4.78 is 25.5. The van der Waals surface area contributed by atoms with E-state index in [0.717, 1.165) is 6.42 Å². The zero-order chi connectivity index (χ0) is 14.3. The van der Waals surface area contributed by atoms with Crippen molar-refractivity contribution in [3.05, 3.63) is 12.7 Å². The lowest BCUT2D eigenvalue weighted by Gasteiger charge is -2.31. The van der Waals surface area contributed by atoms with Gasteiger partial charge in [0.1, 0.15) is 0 Å². The van der Waals surface area contributed by atoms with Crippen molar-refractivity contribution in [1.29, 1.82) is 0 Å². The Morgan fingerprint density at radius 1 is 1.53 bits per heavy atom. The fourth-order valence-corrected chi connectivity index (χ4v) is 3.65. The van der Waals surface area contributed by atoms with Crippen molar-refractivity contribution in [2.45, 2.75) is 19.3 Å². The molecule has 0 saturated carbocycles. The summed E-state index contributed by atoms with van der Waals surface area (Å²) in [6.45, 7) is 5.12. The molecule has 110 valence electrons. The van der Waals surface area contributed by atoms with Gasteiger partial charge < -0.3 is 11.1 Å². The molecule has 0 aromatic heterocycles. The average Bonchev–Trinajstić information content (AvgIpc) is 2.42. The monoisotopic (exact) mass is 289 g/mol. The van der Waals surface area contributed by atoms with Crippen molar-refractivity contribution in [2.75, 3.05) is 31.9 Å². The summed E-state index contributed by atoms with van der Waals surface area (Å²) in [7, 11) is -3.28. The third-order valence-corrected chi connectivity index (χ3v) is 5.04. The Kier molecular flexibility index (Phi) is 6.47. The number of nitrogens with one attached hydrogen (secondary N) is 1. The van der Waals surface area contributed by atoms with Crippen molar-refractivity contribution in [2.24, 2.45) is 11.7 Å². The molecule has 3 N–H and O–H groups in total. The molecule has 0 radical (unpaired) electrons. The van der Waals surface area contributed by atoms with Gasteiger partial charge in [-0.1, -0.05) is 6.08 Å². The predicted molar refractivity (Wildman–Crippen MR) is 75.0 cm³/mol. The molecule has 0 bridgehead atoms. The Bertz CT molecular complexity index is 408. The minimum Gasteiger partial charge on any atom is -0.355 e. The molecule has 1 saturated heterocycles. The van der Waals surface area contributed by atoms with Gasteiger partial charge in [-0.3, -0.25) is 4.79 Å². The highest BCUT2D eigenvalue weighted by atomic mass is 32.2. The molecule has 1 atom stereocenters. The molecule has 0 aromatic carbocycles. The van der Waals surface area contributed by atoms with Gasteiger partial charge in [-0.25, -0.2) is 12.7 Å². The molecule has 6 nitrogen and oxygen atoms in total. The Hall–Kier alpha value is -0.920. The second kappa shape index (κ2) is 7.62. The molecule has 0 spiro atoms. The number of nitrogens with two attached hydrogens (primary N) is 1. The first-order valence-corrected chi connectivity index (χ1v) is 8.18. The minimum atomic E-state index is -3.28. The molecule has 7 heteroatoms. The molecule has 1 aliphatic heterocycles. The third kappa shape index (κ3) is 4.93. The number of piperidine rings is 1. The number of amides is 1. The number of nitrogens with zero attached hydrogens (tertiary/aromatic N) is 1. The molecule has 0 aromatic rings. The van der Waals surface area contributed by atoms with E-state index in [4.69, 9.17) is 5.73 Å². The number of carbonyl (C=O) groups excluding carboxylic acids is 1. The quantitative estimate of drug-likeness (QED) is 0.628. The maximum absolute atomic E-state index is 12.1. The maximum atomic E-state index is 12.1. The second-order valence-electron chi connectivity index (χ2n) is 4.67. The smallest absolute Gasteiger partial charge is 0.224 e. The summed E-state index contributed by atoms with van der Waals surface area (Å²) in [6.07, 6.45) is 3.47. The summed E-state index contributed by atoms with van der Waals surface area (Å²) in [5, 5.41) is 2.72. The van der Waals surface area contributed by atoms with Crippen molar-refractivity contribution in [3.63, 3.8) is 0 Å². The molecule has 1 unspecified atom stereocenters. The number of allylic oxidation sites excluding steroid dienone is 1. The van der Waals surface area contributed by atoms with Crippen molar-refractivity contribution < 1.29 is 13.2 Å². The average molecular weight is 289 g/mol. The normalized spacial score (nSPS) is 21.0. The Balaban J connectivity index is 2.58. The zero-order valence-electron chi connectivity index (χ0n) is 11.2. The lowest BCUT2D eigenvalue weighted by atomic mass is 9.99. The number of rotatable bonds is 7. The van der Waals surface area contributed by atoms with Crippen LogP contribution in [0.2, 0.25) is 0 Å². The number of sulfonamides is 1. The van der Waals surface area contributed by atoms with E-state index < -0.39 is 10.0 Å². The first-order valence-electron chi connectivity index (χ1n) is 6.57. The van der Waals surface area contributed by atoms with Crippen LogP contribution in [0.15, 0.2) is 12.7 Å². The highest BCUT2D eigenvalue weighted by Gasteiger charge is 2.31. The van der Waals surface area contributed by atoms with Crippen molar-refractivity contribution in [3.8, 4) is 0 Å². The van der Waals surface area contributed by atoms with E-state index in [-0.39, 0.29) is 24.1 Å². The minimum absolute atomic E-state index is 0.0631. The van der Waals surface area contributed by atoms with E-state index >= 15 is 0 Å². The van der Waals surface area contributed by atoms with Crippen LogP contribution < -0.4 is 11.1 Å². The van der Waals surface area contributed by atoms with E-state index in [1.54, 1.807) is 6.08 Å². The lowest BCUT2D eigenvalue weighted by Crippen LogP contribution is -2.46. The molecule has 19 heavy (non-hydrogen) atoms. The fourth-order valence-electron chi connectivity index (χ4n) is 2.11. The lowest BCUT2D eigenvalue weighted by molar-refractivity contribution is -0.126. The molecule has 1 amide bonds. The Labute approximate surface area is 115 Å². The van der Waals surface area contributed by atoms with Crippen LogP contribution in [0.1, 0.15) is 19.3 Å².